The summed E-state index contributed by atoms with van der Waals surface area (Å²) in [7, 11) is 2.19. The zero-order valence-electron chi connectivity index (χ0n) is 9.54. The topological polar surface area (TPSA) is 15.3 Å². The Morgan fingerprint density at radius 2 is 2.12 bits per heavy atom. The van der Waals surface area contributed by atoms with Crippen LogP contribution in [0.25, 0.3) is 0 Å². The second-order valence-electron chi connectivity index (χ2n) is 4.88. The summed E-state index contributed by atoms with van der Waals surface area (Å²) >= 11 is 6.06. The molecule has 2 unspecified atom stereocenters. The molecule has 1 aromatic rings. The number of hydrogen-bond donors (Lipinski definition) is 1. The number of nitrogens with one attached hydrogen (secondary N) is 1. The number of fused-ring (bicyclic) bond motifs is 2. The van der Waals surface area contributed by atoms with Crippen LogP contribution in [0, 0.1) is 0 Å². The van der Waals surface area contributed by atoms with Crippen molar-refractivity contribution in [3.05, 3.63) is 23.2 Å². The first kappa shape index (κ1) is 10.3. The van der Waals surface area contributed by atoms with Crippen molar-refractivity contribution in [2.45, 2.75) is 37.8 Å². The van der Waals surface area contributed by atoms with Gasteiger partial charge in [0.1, 0.15) is 0 Å². The molecule has 3 heteroatoms. The number of nitrogens with zero attached hydrogens (tertiary/aromatic N) is 1. The summed E-state index contributed by atoms with van der Waals surface area (Å²) < 4.78 is 0. The molecule has 2 aliphatic rings. The maximum Gasteiger partial charge on any atom is 0.0617 e. The molecule has 1 aromatic carbocycles. The standard InChI is InChI=1S/C13H17ClN2/c1-16-12-5-3-2-4-10(12)15-11-7-6-9(14)8-13(11)16/h6-8,10,12,15H,2-5H2,1H3. The average Bonchev–Trinajstić information content (AvgIpc) is 2.31. The Hall–Kier alpha value is -0.890. The Morgan fingerprint density at radius 3 is 3.00 bits per heavy atom. The van der Waals surface area contributed by atoms with E-state index in [4.69, 9.17) is 11.6 Å². The molecule has 0 saturated heterocycles. The van der Waals surface area contributed by atoms with Gasteiger partial charge >= 0.3 is 0 Å². The highest BCUT2D eigenvalue weighted by Gasteiger charge is 2.33. The molecule has 1 aliphatic heterocycles. The zero-order valence-corrected chi connectivity index (χ0v) is 10.3. The van der Waals surface area contributed by atoms with Crippen molar-refractivity contribution in [2.24, 2.45) is 0 Å². The maximum absolute atomic E-state index is 6.06. The van der Waals surface area contributed by atoms with Gasteiger partial charge in [-0.1, -0.05) is 24.4 Å². The summed E-state index contributed by atoms with van der Waals surface area (Å²) in [4.78, 5) is 2.40. The van der Waals surface area contributed by atoms with Crippen LogP contribution >= 0.6 is 11.6 Å². The van der Waals surface area contributed by atoms with Crippen LogP contribution < -0.4 is 10.2 Å². The number of benzene rings is 1. The van der Waals surface area contributed by atoms with Crippen molar-refractivity contribution in [1.82, 2.24) is 0 Å². The number of halogens is 1. The molecule has 0 radical (unpaired) electrons. The SMILES string of the molecule is CN1c2cc(Cl)ccc2NC2CCCCC21. The van der Waals surface area contributed by atoms with Gasteiger partial charge in [0.15, 0.2) is 0 Å². The van der Waals surface area contributed by atoms with Crippen molar-refractivity contribution in [1.29, 1.82) is 0 Å². The average molecular weight is 237 g/mol. The smallest absolute Gasteiger partial charge is 0.0617 e. The molecule has 2 nitrogen and oxygen atoms in total. The van der Waals surface area contributed by atoms with Crippen LogP contribution in [0.5, 0.6) is 0 Å². The fourth-order valence-corrected chi connectivity index (χ4v) is 3.21. The highest BCUT2D eigenvalue weighted by atomic mass is 35.5. The Balaban J connectivity index is 2.00. The van der Waals surface area contributed by atoms with Gasteiger partial charge in [-0.2, -0.15) is 0 Å². The largest absolute Gasteiger partial charge is 0.379 e. The number of rotatable bonds is 0. The first-order valence-electron chi connectivity index (χ1n) is 6.04. The van der Waals surface area contributed by atoms with Crippen molar-refractivity contribution < 1.29 is 0 Å². The lowest BCUT2D eigenvalue weighted by atomic mass is 9.87. The summed E-state index contributed by atoms with van der Waals surface area (Å²) in [5.74, 6) is 0. The van der Waals surface area contributed by atoms with Gasteiger partial charge in [-0.05, 0) is 31.0 Å². The molecular weight excluding hydrogens is 220 g/mol. The van der Waals surface area contributed by atoms with E-state index in [1.807, 2.05) is 6.07 Å². The normalized spacial score (nSPS) is 28.0. The fraction of sp³-hybridized carbons (Fsp3) is 0.538. The third-order valence-corrected chi connectivity index (χ3v) is 4.14. The molecule has 86 valence electrons. The van der Waals surface area contributed by atoms with E-state index >= 15 is 0 Å². The second-order valence-corrected chi connectivity index (χ2v) is 5.31. The lowest BCUT2D eigenvalue weighted by Gasteiger charge is -2.45. The molecule has 0 amide bonds. The van der Waals surface area contributed by atoms with E-state index in [1.54, 1.807) is 0 Å². The van der Waals surface area contributed by atoms with Gasteiger partial charge < -0.3 is 10.2 Å². The fourth-order valence-electron chi connectivity index (χ4n) is 3.04. The van der Waals surface area contributed by atoms with Gasteiger partial charge in [0, 0.05) is 24.2 Å². The second kappa shape index (κ2) is 3.85. The van der Waals surface area contributed by atoms with Gasteiger partial charge in [-0.15, -0.1) is 0 Å². The molecule has 1 aliphatic carbocycles. The molecule has 3 rings (SSSR count). The summed E-state index contributed by atoms with van der Waals surface area (Å²) in [5.41, 5.74) is 2.48. The molecule has 1 saturated carbocycles. The van der Waals surface area contributed by atoms with E-state index in [-0.39, 0.29) is 0 Å². The van der Waals surface area contributed by atoms with E-state index in [2.05, 4.69) is 29.4 Å². The van der Waals surface area contributed by atoms with Crippen LogP contribution in [-0.2, 0) is 0 Å². The number of hydrogen-bond acceptors (Lipinski definition) is 2. The first-order valence-corrected chi connectivity index (χ1v) is 6.42. The minimum Gasteiger partial charge on any atom is -0.379 e. The Bertz CT molecular complexity index is 405. The van der Waals surface area contributed by atoms with Gasteiger partial charge in [0.05, 0.1) is 11.4 Å². The van der Waals surface area contributed by atoms with Gasteiger partial charge in [-0.25, -0.2) is 0 Å². The van der Waals surface area contributed by atoms with Crippen molar-refractivity contribution in [3.63, 3.8) is 0 Å². The van der Waals surface area contributed by atoms with Crippen molar-refractivity contribution in [3.8, 4) is 0 Å². The Morgan fingerprint density at radius 1 is 1.31 bits per heavy atom. The molecule has 1 fully saturated rings. The minimum atomic E-state index is 0.618. The van der Waals surface area contributed by atoms with Crippen LogP contribution in [0.15, 0.2) is 18.2 Å². The summed E-state index contributed by atoms with van der Waals surface area (Å²) in [5, 5.41) is 4.48. The van der Waals surface area contributed by atoms with Gasteiger partial charge in [0.2, 0.25) is 0 Å². The van der Waals surface area contributed by atoms with Gasteiger partial charge in [-0.3, -0.25) is 0 Å². The van der Waals surface area contributed by atoms with Crippen LogP contribution in [0.4, 0.5) is 11.4 Å². The minimum absolute atomic E-state index is 0.618. The molecule has 1 heterocycles. The highest BCUT2D eigenvalue weighted by molar-refractivity contribution is 6.31. The molecule has 1 N–H and O–H groups in total. The van der Waals surface area contributed by atoms with E-state index in [1.165, 1.54) is 37.1 Å². The van der Waals surface area contributed by atoms with Crippen LogP contribution in [-0.4, -0.2) is 19.1 Å². The highest BCUT2D eigenvalue weighted by Crippen LogP contribution is 2.39. The van der Waals surface area contributed by atoms with E-state index in [0.717, 1.165) is 5.02 Å². The quantitative estimate of drug-likeness (QED) is 0.742. The maximum atomic E-state index is 6.06. The van der Waals surface area contributed by atoms with E-state index in [9.17, 15) is 0 Å². The van der Waals surface area contributed by atoms with Crippen LogP contribution in [0.3, 0.4) is 0 Å². The Kier molecular flexibility index (Phi) is 2.47. The number of anilines is 2. The van der Waals surface area contributed by atoms with Gasteiger partial charge in [0.25, 0.3) is 0 Å². The van der Waals surface area contributed by atoms with E-state index in [0.29, 0.717) is 12.1 Å². The monoisotopic (exact) mass is 236 g/mol. The molecule has 0 bridgehead atoms. The lowest BCUT2D eigenvalue weighted by molar-refractivity contribution is 0.385. The predicted molar refractivity (Wildman–Crippen MR) is 69.5 cm³/mol. The first-order chi connectivity index (χ1) is 7.75. The molecule has 0 spiro atoms. The zero-order chi connectivity index (χ0) is 11.1. The van der Waals surface area contributed by atoms with Crippen molar-refractivity contribution in [2.75, 3.05) is 17.3 Å². The van der Waals surface area contributed by atoms with E-state index < -0.39 is 0 Å². The number of likely N-dealkylation sites (N-methyl/N-ethyl adjacent to an activating group) is 1. The predicted octanol–water partition coefficient (Wildman–Crippen LogP) is 3.51. The summed E-state index contributed by atoms with van der Waals surface area (Å²) in [6.45, 7) is 0. The molecule has 0 aromatic heterocycles. The molecule has 16 heavy (non-hydrogen) atoms. The van der Waals surface area contributed by atoms with Crippen molar-refractivity contribution >= 4 is 23.0 Å². The lowest BCUT2D eigenvalue weighted by Crippen LogP contribution is -2.50. The third kappa shape index (κ3) is 1.56. The third-order valence-electron chi connectivity index (χ3n) is 3.91. The molecule has 2 atom stereocenters. The van der Waals surface area contributed by atoms with Crippen LogP contribution in [0.1, 0.15) is 25.7 Å². The Labute approximate surface area is 102 Å². The van der Waals surface area contributed by atoms with Crippen LogP contribution in [0.2, 0.25) is 5.02 Å². The molecular formula is C13H17ClN2. The summed E-state index contributed by atoms with van der Waals surface area (Å²) in [6.07, 6.45) is 5.28. The summed E-state index contributed by atoms with van der Waals surface area (Å²) in [6, 6.07) is 7.38.